The number of hydrogen-bond acceptors (Lipinski definition) is 3. The van der Waals surface area contributed by atoms with Crippen LogP contribution in [0.25, 0.3) is 0 Å². The summed E-state index contributed by atoms with van der Waals surface area (Å²) in [6, 6.07) is 4.58. The number of pyridine rings is 1. The van der Waals surface area contributed by atoms with Crippen LogP contribution in [0.2, 0.25) is 0 Å². The summed E-state index contributed by atoms with van der Waals surface area (Å²) >= 11 is 0. The fraction of sp³-hybridized carbons (Fsp3) is 0.688. The highest BCUT2D eigenvalue weighted by Crippen LogP contribution is 2.13. The van der Waals surface area contributed by atoms with Crippen molar-refractivity contribution in [2.45, 2.75) is 58.6 Å². The summed E-state index contributed by atoms with van der Waals surface area (Å²) in [7, 11) is 0. The van der Waals surface area contributed by atoms with E-state index in [0.717, 1.165) is 38.8 Å². The second-order valence-corrected chi connectivity index (χ2v) is 4.90. The summed E-state index contributed by atoms with van der Waals surface area (Å²) in [5.41, 5.74) is 1.32. The number of hydrogen-bond donors (Lipinski definition) is 1. The molecule has 1 aromatic rings. The summed E-state index contributed by atoms with van der Waals surface area (Å²) in [6.07, 6.45) is 8.45. The lowest BCUT2D eigenvalue weighted by molar-refractivity contribution is 0.0282. The van der Waals surface area contributed by atoms with E-state index in [1.165, 1.54) is 5.56 Å². The van der Waals surface area contributed by atoms with Crippen molar-refractivity contribution in [1.29, 1.82) is 0 Å². The molecule has 0 saturated heterocycles. The first kappa shape index (κ1) is 16.1. The molecule has 3 heteroatoms. The summed E-state index contributed by atoms with van der Waals surface area (Å²) in [4.78, 5) is 4.08. The molecular weight excluding hydrogens is 236 g/mol. The van der Waals surface area contributed by atoms with Gasteiger partial charge in [0.15, 0.2) is 0 Å². The van der Waals surface area contributed by atoms with Gasteiger partial charge in [0.25, 0.3) is 0 Å². The minimum atomic E-state index is 0.301. The van der Waals surface area contributed by atoms with Crippen molar-refractivity contribution in [2.75, 3.05) is 13.2 Å². The third kappa shape index (κ3) is 6.17. The Balaban J connectivity index is 2.67. The van der Waals surface area contributed by atoms with Gasteiger partial charge in [-0.1, -0.05) is 20.3 Å². The lowest BCUT2D eigenvalue weighted by Crippen LogP contribution is -2.43. The standard InChI is InChI=1S/C16H28N2O/c1-4-7-16(19-6-3)15(18-10-5-2)13-14-8-11-17-12-9-14/h8-9,11-12,15-16,18H,4-7,10,13H2,1-3H3. The maximum absolute atomic E-state index is 5.94. The van der Waals surface area contributed by atoms with Crippen molar-refractivity contribution >= 4 is 0 Å². The second-order valence-electron chi connectivity index (χ2n) is 4.90. The van der Waals surface area contributed by atoms with Gasteiger partial charge < -0.3 is 10.1 Å². The lowest BCUT2D eigenvalue weighted by atomic mass is 9.98. The molecule has 1 aromatic heterocycles. The van der Waals surface area contributed by atoms with Crippen molar-refractivity contribution < 1.29 is 4.74 Å². The van der Waals surface area contributed by atoms with E-state index in [1.807, 2.05) is 12.4 Å². The fourth-order valence-corrected chi connectivity index (χ4v) is 2.34. The zero-order chi connectivity index (χ0) is 13.9. The molecule has 0 bridgehead atoms. The summed E-state index contributed by atoms with van der Waals surface area (Å²) in [5.74, 6) is 0. The average Bonchev–Trinajstić information content (AvgIpc) is 2.44. The number of nitrogens with zero attached hydrogens (tertiary/aromatic N) is 1. The number of rotatable bonds is 10. The van der Waals surface area contributed by atoms with Crippen molar-refractivity contribution in [3.63, 3.8) is 0 Å². The SMILES string of the molecule is CCCNC(Cc1ccncc1)C(CCC)OCC. The predicted molar refractivity (Wildman–Crippen MR) is 80.3 cm³/mol. The van der Waals surface area contributed by atoms with Crippen molar-refractivity contribution in [3.8, 4) is 0 Å². The molecule has 0 fully saturated rings. The van der Waals surface area contributed by atoms with Crippen LogP contribution in [0.5, 0.6) is 0 Å². The fourth-order valence-electron chi connectivity index (χ4n) is 2.34. The summed E-state index contributed by atoms with van der Waals surface area (Å²) < 4.78 is 5.94. The molecule has 2 unspecified atom stereocenters. The van der Waals surface area contributed by atoms with Crippen LogP contribution < -0.4 is 5.32 Å². The molecule has 19 heavy (non-hydrogen) atoms. The lowest BCUT2D eigenvalue weighted by Gasteiger charge is -2.28. The van der Waals surface area contributed by atoms with Gasteiger partial charge in [0.2, 0.25) is 0 Å². The molecule has 3 nitrogen and oxygen atoms in total. The Morgan fingerprint density at radius 1 is 1.16 bits per heavy atom. The highest BCUT2D eigenvalue weighted by Gasteiger charge is 2.20. The van der Waals surface area contributed by atoms with Gasteiger partial charge in [-0.25, -0.2) is 0 Å². The van der Waals surface area contributed by atoms with E-state index in [9.17, 15) is 0 Å². The first-order valence-corrected chi connectivity index (χ1v) is 7.55. The molecule has 0 radical (unpaired) electrons. The Morgan fingerprint density at radius 3 is 2.47 bits per heavy atom. The molecule has 108 valence electrons. The van der Waals surface area contributed by atoms with Crippen LogP contribution in [0.3, 0.4) is 0 Å². The average molecular weight is 264 g/mol. The van der Waals surface area contributed by atoms with Crippen LogP contribution in [0.4, 0.5) is 0 Å². The van der Waals surface area contributed by atoms with Crippen LogP contribution in [0.1, 0.15) is 45.6 Å². The minimum absolute atomic E-state index is 0.301. The quantitative estimate of drug-likeness (QED) is 0.704. The van der Waals surface area contributed by atoms with Gasteiger partial charge in [0, 0.05) is 25.0 Å². The zero-order valence-corrected chi connectivity index (χ0v) is 12.6. The Labute approximate surface area is 117 Å². The molecule has 0 saturated carbocycles. The normalized spacial score (nSPS) is 14.3. The largest absolute Gasteiger partial charge is 0.377 e. The van der Waals surface area contributed by atoms with Gasteiger partial charge in [-0.15, -0.1) is 0 Å². The number of aromatic nitrogens is 1. The summed E-state index contributed by atoms with van der Waals surface area (Å²) in [6.45, 7) is 8.32. The molecule has 1 heterocycles. The topological polar surface area (TPSA) is 34.2 Å². The summed E-state index contributed by atoms with van der Waals surface area (Å²) in [5, 5.41) is 3.64. The molecule has 0 aliphatic carbocycles. The molecule has 0 amide bonds. The monoisotopic (exact) mass is 264 g/mol. The van der Waals surface area contributed by atoms with E-state index in [0.29, 0.717) is 12.1 Å². The van der Waals surface area contributed by atoms with E-state index in [1.54, 1.807) is 0 Å². The first-order chi connectivity index (χ1) is 9.31. The van der Waals surface area contributed by atoms with Gasteiger partial charge in [-0.05, 0) is 50.4 Å². The van der Waals surface area contributed by atoms with Crippen molar-refractivity contribution in [2.24, 2.45) is 0 Å². The van der Waals surface area contributed by atoms with Crippen LogP contribution in [-0.2, 0) is 11.2 Å². The van der Waals surface area contributed by atoms with E-state index < -0.39 is 0 Å². The number of ether oxygens (including phenoxy) is 1. The van der Waals surface area contributed by atoms with Gasteiger partial charge in [0.1, 0.15) is 0 Å². The van der Waals surface area contributed by atoms with Crippen molar-refractivity contribution in [3.05, 3.63) is 30.1 Å². The zero-order valence-electron chi connectivity index (χ0n) is 12.6. The highest BCUT2D eigenvalue weighted by atomic mass is 16.5. The highest BCUT2D eigenvalue weighted by molar-refractivity contribution is 5.12. The van der Waals surface area contributed by atoms with E-state index >= 15 is 0 Å². The molecule has 1 rings (SSSR count). The maximum atomic E-state index is 5.94. The third-order valence-corrected chi connectivity index (χ3v) is 3.26. The van der Waals surface area contributed by atoms with Gasteiger partial charge >= 0.3 is 0 Å². The second kappa shape index (κ2) is 9.93. The molecule has 0 aliphatic heterocycles. The Kier molecular flexibility index (Phi) is 8.43. The Bertz CT molecular complexity index is 310. The molecule has 0 aromatic carbocycles. The van der Waals surface area contributed by atoms with E-state index in [2.05, 4.69) is 43.2 Å². The maximum Gasteiger partial charge on any atom is 0.0731 e. The van der Waals surface area contributed by atoms with Gasteiger partial charge in [-0.3, -0.25) is 4.98 Å². The van der Waals surface area contributed by atoms with Crippen LogP contribution in [0, 0.1) is 0 Å². The predicted octanol–water partition coefficient (Wildman–Crippen LogP) is 3.20. The van der Waals surface area contributed by atoms with E-state index in [-0.39, 0.29) is 0 Å². The third-order valence-electron chi connectivity index (χ3n) is 3.26. The van der Waals surface area contributed by atoms with Crippen LogP contribution >= 0.6 is 0 Å². The molecule has 0 aliphatic rings. The minimum Gasteiger partial charge on any atom is -0.377 e. The number of nitrogens with one attached hydrogen (secondary N) is 1. The first-order valence-electron chi connectivity index (χ1n) is 7.55. The van der Waals surface area contributed by atoms with E-state index in [4.69, 9.17) is 4.74 Å². The van der Waals surface area contributed by atoms with Crippen molar-refractivity contribution in [1.82, 2.24) is 10.3 Å². The molecule has 1 N–H and O–H groups in total. The van der Waals surface area contributed by atoms with Crippen LogP contribution in [0.15, 0.2) is 24.5 Å². The van der Waals surface area contributed by atoms with Gasteiger partial charge in [-0.2, -0.15) is 0 Å². The van der Waals surface area contributed by atoms with Crippen LogP contribution in [-0.4, -0.2) is 30.3 Å². The smallest absolute Gasteiger partial charge is 0.0731 e. The Morgan fingerprint density at radius 2 is 1.89 bits per heavy atom. The molecule has 2 atom stereocenters. The molecular formula is C16H28N2O. The molecule has 0 spiro atoms. The van der Waals surface area contributed by atoms with Gasteiger partial charge in [0.05, 0.1) is 6.10 Å². The Hall–Kier alpha value is -0.930.